The van der Waals surface area contributed by atoms with E-state index in [4.69, 9.17) is 16.3 Å². The van der Waals surface area contributed by atoms with Gasteiger partial charge in [0.15, 0.2) is 0 Å². The molecule has 0 radical (unpaired) electrons. The average molecular weight is 426 g/mol. The molecule has 2 amide bonds. The number of nitrogens with one attached hydrogen (secondary N) is 1. The molecule has 0 aliphatic carbocycles. The molecule has 2 aromatic carbocycles. The molecule has 3 rings (SSSR count). The average Bonchev–Trinajstić information content (AvgIpc) is 2.78. The molecule has 1 fully saturated rings. The summed E-state index contributed by atoms with van der Waals surface area (Å²) in [5.74, 6) is 0.335. The van der Waals surface area contributed by atoms with Gasteiger partial charge in [0.25, 0.3) is 5.91 Å². The van der Waals surface area contributed by atoms with Gasteiger partial charge >= 0.3 is 0 Å². The number of nitrogens with zero attached hydrogens (tertiary/aromatic N) is 2. The summed E-state index contributed by atoms with van der Waals surface area (Å²) in [6.45, 7) is 5.08. The Balaban J connectivity index is 1.46. The lowest BCUT2D eigenvalue weighted by atomic mass is 9.95. The second-order valence-electron chi connectivity index (χ2n) is 6.95. The van der Waals surface area contributed by atoms with Crippen LogP contribution in [0.5, 0.6) is 5.75 Å². The zero-order valence-corrected chi connectivity index (χ0v) is 17.3. The number of carbonyl (C=O) groups excluding carboxylic acids is 2. The summed E-state index contributed by atoms with van der Waals surface area (Å²) in [5.41, 5.74) is 3.94. The Morgan fingerprint density at radius 1 is 1.17 bits per heavy atom. The first-order valence-corrected chi connectivity index (χ1v) is 10.2. The smallest absolute Gasteiger partial charge is 0.255 e. The molecule has 1 saturated heterocycles. The highest BCUT2D eigenvalue weighted by Gasteiger charge is 2.28. The van der Waals surface area contributed by atoms with Crippen molar-refractivity contribution in [3.8, 4) is 5.75 Å². The lowest BCUT2D eigenvalue weighted by molar-refractivity contribution is -0.126. The van der Waals surface area contributed by atoms with Crippen LogP contribution in [-0.4, -0.2) is 42.6 Å². The van der Waals surface area contributed by atoms with Crippen LogP contribution in [0.15, 0.2) is 66.3 Å². The summed E-state index contributed by atoms with van der Waals surface area (Å²) in [6, 6.07) is 14.4. The minimum atomic E-state index is -0.174. The maximum atomic E-state index is 12.6. The molecular formula is C23H24ClN3O3. The van der Waals surface area contributed by atoms with Crippen molar-refractivity contribution >= 4 is 29.6 Å². The quantitative estimate of drug-likeness (QED) is 0.415. The molecule has 30 heavy (non-hydrogen) atoms. The van der Waals surface area contributed by atoms with E-state index in [0.717, 1.165) is 11.3 Å². The number of amides is 2. The van der Waals surface area contributed by atoms with Crippen molar-refractivity contribution in [3.63, 3.8) is 0 Å². The summed E-state index contributed by atoms with van der Waals surface area (Å²) >= 11 is 6.12. The van der Waals surface area contributed by atoms with Crippen LogP contribution in [0.4, 0.5) is 0 Å². The van der Waals surface area contributed by atoms with Crippen molar-refractivity contribution in [1.82, 2.24) is 10.3 Å². The molecule has 156 valence electrons. The summed E-state index contributed by atoms with van der Waals surface area (Å²) in [4.78, 5) is 26.7. The van der Waals surface area contributed by atoms with E-state index in [9.17, 15) is 9.59 Å². The summed E-state index contributed by atoms with van der Waals surface area (Å²) in [6.07, 6.45) is 4.45. The number of benzene rings is 2. The Labute approximate surface area is 181 Å². The van der Waals surface area contributed by atoms with E-state index >= 15 is 0 Å². The van der Waals surface area contributed by atoms with Gasteiger partial charge in [0.1, 0.15) is 12.4 Å². The molecule has 0 unspecified atom stereocenters. The summed E-state index contributed by atoms with van der Waals surface area (Å²) in [7, 11) is 0. The number of ether oxygens (including phenoxy) is 1. The lowest BCUT2D eigenvalue weighted by Gasteiger charge is -2.31. The Kier molecular flexibility index (Phi) is 7.63. The van der Waals surface area contributed by atoms with Crippen LogP contribution in [-0.2, 0) is 4.79 Å². The molecule has 1 N–H and O–H groups in total. The zero-order chi connectivity index (χ0) is 21.3. The molecule has 0 bridgehead atoms. The Morgan fingerprint density at radius 3 is 2.53 bits per heavy atom. The van der Waals surface area contributed by atoms with E-state index in [-0.39, 0.29) is 17.7 Å². The topological polar surface area (TPSA) is 71.0 Å². The van der Waals surface area contributed by atoms with Gasteiger partial charge in [-0.2, -0.15) is 5.10 Å². The van der Waals surface area contributed by atoms with Crippen molar-refractivity contribution in [1.29, 1.82) is 0 Å². The Bertz CT molecular complexity index is 920. The standard InChI is InChI=1S/C23H24ClN3O3/c1-2-15-30-19-9-7-17(8-10-19)16-25-26-22(28)18-11-13-27(14-12-18)23(29)20-5-3-4-6-21(20)24/h2-10,16,18H,1,11-15H2,(H,26,28)/b25-16-. The van der Waals surface area contributed by atoms with Crippen LogP contribution in [0.2, 0.25) is 5.02 Å². The third-order valence-electron chi connectivity index (χ3n) is 4.89. The lowest BCUT2D eigenvalue weighted by Crippen LogP contribution is -2.42. The van der Waals surface area contributed by atoms with E-state index in [2.05, 4.69) is 17.1 Å². The van der Waals surface area contributed by atoms with Gasteiger partial charge in [-0.05, 0) is 54.8 Å². The third-order valence-corrected chi connectivity index (χ3v) is 5.22. The Morgan fingerprint density at radius 2 is 1.87 bits per heavy atom. The van der Waals surface area contributed by atoms with Crippen molar-refractivity contribution in [2.45, 2.75) is 12.8 Å². The normalized spacial score (nSPS) is 14.5. The first kappa shape index (κ1) is 21.6. The second-order valence-corrected chi connectivity index (χ2v) is 7.36. The predicted molar refractivity (Wildman–Crippen MR) is 118 cm³/mol. The highest BCUT2D eigenvalue weighted by molar-refractivity contribution is 6.33. The van der Waals surface area contributed by atoms with Crippen LogP contribution in [0.25, 0.3) is 0 Å². The molecule has 6 nitrogen and oxygen atoms in total. The fraction of sp³-hybridized carbons (Fsp3) is 0.261. The largest absolute Gasteiger partial charge is 0.490 e. The summed E-state index contributed by atoms with van der Waals surface area (Å²) in [5, 5.41) is 4.48. The number of piperidine rings is 1. The van der Waals surface area contributed by atoms with Crippen LogP contribution >= 0.6 is 11.6 Å². The molecule has 0 aromatic heterocycles. The first-order chi connectivity index (χ1) is 14.6. The minimum Gasteiger partial charge on any atom is -0.490 e. The van der Waals surface area contributed by atoms with E-state index in [1.54, 1.807) is 41.5 Å². The third kappa shape index (κ3) is 5.70. The minimum absolute atomic E-state index is 0.0991. The van der Waals surface area contributed by atoms with Gasteiger partial charge in [-0.3, -0.25) is 9.59 Å². The number of carbonyl (C=O) groups is 2. The fourth-order valence-corrected chi connectivity index (χ4v) is 3.43. The van der Waals surface area contributed by atoms with E-state index < -0.39 is 0 Å². The molecule has 2 aromatic rings. The number of rotatable bonds is 7. The van der Waals surface area contributed by atoms with Crippen molar-refractivity contribution in [2.24, 2.45) is 11.0 Å². The number of likely N-dealkylation sites (tertiary alicyclic amines) is 1. The van der Waals surface area contributed by atoms with Crippen LogP contribution < -0.4 is 10.2 Å². The fourth-order valence-electron chi connectivity index (χ4n) is 3.22. The highest BCUT2D eigenvalue weighted by Crippen LogP contribution is 2.22. The van der Waals surface area contributed by atoms with Gasteiger partial charge in [-0.1, -0.05) is 36.4 Å². The SMILES string of the molecule is C=CCOc1ccc(/C=N\NC(=O)C2CCN(C(=O)c3ccccc3Cl)CC2)cc1. The zero-order valence-electron chi connectivity index (χ0n) is 16.6. The number of halogens is 1. The second kappa shape index (κ2) is 10.6. The number of hydrazone groups is 1. The van der Waals surface area contributed by atoms with E-state index in [1.807, 2.05) is 24.3 Å². The van der Waals surface area contributed by atoms with Gasteiger partial charge in [0, 0.05) is 19.0 Å². The van der Waals surface area contributed by atoms with Crippen molar-refractivity contribution in [3.05, 3.63) is 77.3 Å². The molecule has 1 heterocycles. The molecular weight excluding hydrogens is 402 g/mol. The van der Waals surface area contributed by atoms with E-state index in [0.29, 0.717) is 43.1 Å². The van der Waals surface area contributed by atoms with Gasteiger partial charge in [0.05, 0.1) is 16.8 Å². The Hall–Kier alpha value is -3.12. The molecule has 0 saturated carbocycles. The van der Waals surface area contributed by atoms with Crippen LogP contribution in [0, 0.1) is 5.92 Å². The highest BCUT2D eigenvalue weighted by atomic mass is 35.5. The monoisotopic (exact) mass is 425 g/mol. The molecule has 0 spiro atoms. The van der Waals surface area contributed by atoms with Gasteiger partial charge in [-0.15, -0.1) is 0 Å². The maximum Gasteiger partial charge on any atom is 0.255 e. The van der Waals surface area contributed by atoms with Gasteiger partial charge in [0.2, 0.25) is 5.91 Å². The van der Waals surface area contributed by atoms with E-state index in [1.165, 1.54) is 0 Å². The van der Waals surface area contributed by atoms with Crippen molar-refractivity contribution < 1.29 is 14.3 Å². The van der Waals surface area contributed by atoms with Crippen LogP contribution in [0.1, 0.15) is 28.8 Å². The molecule has 7 heteroatoms. The van der Waals surface area contributed by atoms with Crippen LogP contribution in [0.3, 0.4) is 0 Å². The van der Waals surface area contributed by atoms with Gasteiger partial charge in [-0.25, -0.2) is 5.43 Å². The molecule has 0 atom stereocenters. The van der Waals surface area contributed by atoms with Gasteiger partial charge < -0.3 is 9.64 Å². The molecule has 1 aliphatic heterocycles. The van der Waals surface area contributed by atoms with Crippen molar-refractivity contribution in [2.75, 3.05) is 19.7 Å². The number of hydrogen-bond donors (Lipinski definition) is 1. The molecule has 1 aliphatic rings. The first-order valence-electron chi connectivity index (χ1n) is 9.79. The number of hydrogen-bond acceptors (Lipinski definition) is 4. The predicted octanol–water partition coefficient (Wildman–Crippen LogP) is 3.91. The maximum absolute atomic E-state index is 12.6. The summed E-state index contributed by atoms with van der Waals surface area (Å²) < 4.78 is 5.42.